The van der Waals surface area contributed by atoms with Gasteiger partial charge < -0.3 is 4.74 Å². The lowest BCUT2D eigenvalue weighted by Gasteiger charge is -2.09. The Balaban J connectivity index is 2.14. The standard InChI is InChI=1S/C15H12FNO/c1-11-8-14(16)7-6-13(11)10-18-15-5-3-2-4-12(15)9-17/h2-8H,10H2,1H3. The van der Waals surface area contributed by atoms with E-state index in [4.69, 9.17) is 10.00 Å². The summed E-state index contributed by atoms with van der Waals surface area (Å²) in [7, 11) is 0. The zero-order chi connectivity index (χ0) is 13.0. The van der Waals surface area contributed by atoms with Gasteiger partial charge in [-0.3, -0.25) is 0 Å². The van der Waals surface area contributed by atoms with E-state index >= 15 is 0 Å². The number of aryl methyl sites for hydroxylation is 1. The van der Waals surface area contributed by atoms with E-state index in [0.29, 0.717) is 17.9 Å². The summed E-state index contributed by atoms with van der Waals surface area (Å²) in [5.74, 6) is 0.289. The molecule has 0 fully saturated rings. The third-order valence-electron chi connectivity index (χ3n) is 2.70. The summed E-state index contributed by atoms with van der Waals surface area (Å²) in [6.07, 6.45) is 0. The van der Waals surface area contributed by atoms with E-state index in [9.17, 15) is 4.39 Å². The summed E-state index contributed by atoms with van der Waals surface area (Å²) >= 11 is 0. The van der Waals surface area contributed by atoms with Crippen molar-refractivity contribution in [3.05, 3.63) is 65.0 Å². The van der Waals surface area contributed by atoms with Gasteiger partial charge in [-0.25, -0.2) is 4.39 Å². The highest BCUT2D eigenvalue weighted by Crippen LogP contribution is 2.19. The van der Waals surface area contributed by atoms with Crippen molar-refractivity contribution >= 4 is 0 Å². The van der Waals surface area contributed by atoms with Gasteiger partial charge in [-0.05, 0) is 42.3 Å². The molecule has 18 heavy (non-hydrogen) atoms. The van der Waals surface area contributed by atoms with Crippen molar-refractivity contribution in [1.29, 1.82) is 5.26 Å². The van der Waals surface area contributed by atoms with Gasteiger partial charge in [0.15, 0.2) is 0 Å². The van der Waals surface area contributed by atoms with Crippen LogP contribution in [0.15, 0.2) is 42.5 Å². The van der Waals surface area contributed by atoms with Crippen molar-refractivity contribution < 1.29 is 9.13 Å². The van der Waals surface area contributed by atoms with Gasteiger partial charge in [-0.15, -0.1) is 0 Å². The van der Waals surface area contributed by atoms with Gasteiger partial charge in [-0.1, -0.05) is 18.2 Å². The van der Waals surface area contributed by atoms with Gasteiger partial charge in [0, 0.05) is 0 Å². The molecular weight excluding hydrogens is 229 g/mol. The van der Waals surface area contributed by atoms with Crippen LogP contribution < -0.4 is 4.74 Å². The van der Waals surface area contributed by atoms with E-state index in [1.54, 1.807) is 24.3 Å². The second-order valence-electron chi connectivity index (χ2n) is 3.97. The fraction of sp³-hybridized carbons (Fsp3) is 0.133. The number of ether oxygens (including phenoxy) is 1. The zero-order valence-electron chi connectivity index (χ0n) is 9.98. The molecule has 2 rings (SSSR count). The maximum absolute atomic E-state index is 12.9. The molecule has 90 valence electrons. The maximum Gasteiger partial charge on any atom is 0.137 e. The van der Waals surface area contributed by atoms with Gasteiger partial charge in [0.1, 0.15) is 24.2 Å². The first-order valence-electron chi connectivity index (χ1n) is 5.57. The number of para-hydroxylation sites is 1. The summed E-state index contributed by atoms with van der Waals surface area (Å²) in [5.41, 5.74) is 2.24. The number of rotatable bonds is 3. The molecule has 0 bridgehead atoms. The van der Waals surface area contributed by atoms with E-state index in [1.807, 2.05) is 13.0 Å². The predicted molar refractivity (Wildman–Crippen MR) is 66.6 cm³/mol. The minimum Gasteiger partial charge on any atom is -0.488 e. The Kier molecular flexibility index (Phi) is 3.59. The fourth-order valence-corrected chi connectivity index (χ4v) is 1.66. The van der Waals surface area contributed by atoms with Crippen LogP contribution in [0.3, 0.4) is 0 Å². The molecule has 0 saturated carbocycles. The molecule has 0 atom stereocenters. The highest BCUT2D eigenvalue weighted by Gasteiger charge is 2.04. The van der Waals surface area contributed by atoms with Gasteiger partial charge in [0.25, 0.3) is 0 Å². The summed E-state index contributed by atoms with van der Waals surface area (Å²) in [6.45, 7) is 2.16. The summed E-state index contributed by atoms with van der Waals surface area (Å²) < 4.78 is 18.5. The quantitative estimate of drug-likeness (QED) is 0.822. The van der Waals surface area contributed by atoms with E-state index in [-0.39, 0.29) is 5.82 Å². The van der Waals surface area contributed by atoms with Crippen LogP contribution in [-0.2, 0) is 6.61 Å². The molecule has 0 radical (unpaired) electrons. The first-order valence-corrected chi connectivity index (χ1v) is 5.57. The Morgan fingerprint density at radius 1 is 1.22 bits per heavy atom. The molecule has 2 nitrogen and oxygen atoms in total. The Bertz CT molecular complexity index is 602. The van der Waals surface area contributed by atoms with Crippen molar-refractivity contribution in [1.82, 2.24) is 0 Å². The maximum atomic E-state index is 12.9. The van der Waals surface area contributed by atoms with E-state index in [0.717, 1.165) is 11.1 Å². The average Bonchev–Trinajstić information content (AvgIpc) is 2.38. The van der Waals surface area contributed by atoms with E-state index < -0.39 is 0 Å². The normalized spacial score (nSPS) is 9.83. The number of hydrogen-bond donors (Lipinski definition) is 0. The molecule has 2 aromatic rings. The van der Waals surface area contributed by atoms with Crippen molar-refractivity contribution in [2.45, 2.75) is 13.5 Å². The van der Waals surface area contributed by atoms with Gasteiger partial charge in [-0.2, -0.15) is 5.26 Å². The molecule has 0 spiro atoms. The van der Waals surface area contributed by atoms with Crippen LogP contribution in [0.1, 0.15) is 16.7 Å². The minimum absolute atomic E-state index is 0.256. The highest BCUT2D eigenvalue weighted by atomic mass is 19.1. The molecule has 0 aromatic heterocycles. The smallest absolute Gasteiger partial charge is 0.137 e. The third kappa shape index (κ3) is 2.67. The lowest BCUT2D eigenvalue weighted by atomic mass is 10.1. The molecule has 0 aliphatic rings. The van der Waals surface area contributed by atoms with Crippen molar-refractivity contribution in [3.8, 4) is 11.8 Å². The molecule has 3 heteroatoms. The van der Waals surface area contributed by atoms with E-state index in [1.165, 1.54) is 12.1 Å². The number of nitriles is 1. The molecule has 2 aromatic carbocycles. The first-order chi connectivity index (χ1) is 8.70. The SMILES string of the molecule is Cc1cc(F)ccc1COc1ccccc1C#N. The second-order valence-corrected chi connectivity index (χ2v) is 3.97. The van der Waals surface area contributed by atoms with Crippen molar-refractivity contribution in [3.63, 3.8) is 0 Å². The zero-order valence-corrected chi connectivity index (χ0v) is 9.98. The van der Waals surface area contributed by atoms with Crippen molar-refractivity contribution in [2.75, 3.05) is 0 Å². The van der Waals surface area contributed by atoms with Gasteiger partial charge >= 0.3 is 0 Å². The Morgan fingerprint density at radius 3 is 2.72 bits per heavy atom. The molecule has 0 heterocycles. The Hall–Kier alpha value is -2.34. The number of halogens is 1. The molecular formula is C15H12FNO. The minimum atomic E-state index is -0.256. The molecule has 0 unspecified atom stereocenters. The van der Waals surface area contributed by atoms with Crippen LogP contribution in [0.25, 0.3) is 0 Å². The van der Waals surface area contributed by atoms with Gasteiger partial charge in [0.2, 0.25) is 0 Å². The van der Waals surface area contributed by atoms with Crippen molar-refractivity contribution in [2.24, 2.45) is 0 Å². The van der Waals surface area contributed by atoms with Gasteiger partial charge in [0.05, 0.1) is 5.56 Å². The number of nitrogens with zero attached hydrogens (tertiary/aromatic N) is 1. The predicted octanol–water partition coefficient (Wildman–Crippen LogP) is 3.58. The molecule has 0 amide bonds. The molecule has 0 aliphatic heterocycles. The summed E-state index contributed by atoms with van der Waals surface area (Å²) in [5, 5.41) is 8.93. The third-order valence-corrected chi connectivity index (χ3v) is 2.70. The fourth-order valence-electron chi connectivity index (χ4n) is 1.66. The van der Waals surface area contributed by atoms with Crippen LogP contribution in [0.5, 0.6) is 5.75 Å². The van der Waals surface area contributed by atoms with E-state index in [2.05, 4.69) is 6.07 Å². The average molecular weight is 241 g/mol. The van der Waals surface area contributed by atoms with Crippen LogP contribution in [0, 0.1) is 24.1 Å². The monoisotopic (exact) mass is 241 g/mol. The lowest BCUT2D eigenvalue weighted by Crippen LogP contribution is -1.99. The van der Waals surface area contributed by atoms with Crippen LogP contribution in [-0.4, -0.2) is 0 Å². The van der Waals surface area contributed by atoms with Crippen LogP contribution in [0.2, 0.25) is 0 Å². The van der Waals surface area contributed by atoms with Crippen LogP contribution >= 0.6 is 0 Å². The Labute approximate surface area is 105 Å². The highest BCUT2D eigenvalue weighted by molar-refractivity contribution is 5.42. The summed E-state index contributed by atoms with van der Waals surface area (Å²) in [4.78, 5) is 0. The molecule has 0 aliphatic carbocycles. The largest absolute Gasteiger partial charge is 0.488 e. The molecule has 0 saturated heterocycles. The summed E-state index contributed by atoms with van der Waals surface area (Å²) in [6, 6.07) is 13.7. The number of benzene rings is 2. The lowest BCUT2D eigenvalue weighted by molar-refractivity contribution is 0.304. The Morgan fingerprint density at radius 2 is 2.00 bits per heavy atom. The number of hydrogen-bond acceptors (Lipinski definition) is 2. The van der Waals surface area contributed by atoms with Crippen LogP contribution in [0.4, 0.5) is 4.39 Å². The molecule has 0 N–H and O–H groups in total. The second kappa shape index (κ2) is 5.33. The topological polar surface area (TPSA) is 33.0 Å². The first kappa shape index (κ1) is 12.1.